The third kappa shape index (κ3) is 0.407. The molecule has 2 nitrogen and oxygen atoms in total. The molecule has 0 aliphatic carbocycles. The van der Waals surface area contributed by atoms with Gasteiger partial charge in [0, 0.05) is 11.9 Å². The second-order valence-electron chi connectivity index (χ2n) is 1.14. The maximum atomic E-state index is 7.01. The standard InChI is InChI=1S/C4H6N2/c1-4-2-3-5-6-4/h2-3H,1H3,(H,5,6)/i2D. The zero-order valence-electron chi connectivity index (χ0n) is 4.52. The van der Waals surface area contributed by atoms with E-state index in [2.05, 4.69) is 10.2 Å². The predicted molar refractivity (Wildman–Crippen MR) is 23.3 cm³/mol. The Labute approximate surface area is 37.6 Å². The molecule has 6 heavy (non-hydrogen) atoms. The van der Waals surface area contributed by atoms with Gasteiger partial charge in [0.25, 0.3) is 0 Å². The van der Waals surface area contributed by atoms with E-state index in [4.69, 9.17) is 1.37 Å². The molecule has 0 aromatic carbocycles. The van der Waals surface area contributed by atoms with Gasteiger partial charge in [-0.1, -0.05) is 0 Å². The number of H-pyrrole nitrogens is 1. The Hall–Kier alpha value is -0.790. The first-order valence-corrected chi connectivity index (χ1v) is 1.77. The molecule has 1 N–H and O–H groups in total. The van der Waals surface area contributed by atoms with Gasteiger partial charge < -0.3 is 0 Å². The molecule has 0 fully saturated rings. The Morgan fingerprint density at radius 1 is 2.17 bits per heavy atom. The van der Waals surface area contributed by atoms with Crippen LogP contribution in [-0.2, 0) is 0 Å². The van der Waals surface area contributed by atoms with Crippen molar-refractivity contribution >= 4 is 0 Å². The molecule has 1 aromatic heterocycles. The average Bonchev–Trinajstić information content (AvgIpc) is 1.91. The Balaban J connectivity index is 3.12. The SMILES string of the molecule is [2H]c1cn[nH]c1C. The van der Waals surface area contributed by atoms with Crippen LogP contribution in [0.15, 0.2) is 12.2 Å². The fourth-order valence-corrected chi connectivity index (χ4v) is 0.290. The number of hydrogen-bond acceptors (Lipinski definition) is 1. The maximum absolute atomic E-state index is 7.01. The maximum Gasteiger partial charge on any atom is 0.0659 e. The number of aryl methyl sites for hydroxylation is 1. The monoisotopic (exact) mass is 83.1 g/mol. The smallest absolute Gasteiger partial charge is 0.0659 e. The lowest BCUT2D eigenvalue weighted by molar-refractivity contribution is 1.05. The summed E-state index contributed by atoms with van der Waals surface area (Å²) in [6, 6.07) is 0.472. The van der Waals surface area contributed by atoms with Crippen molar-refractivity contribution in [3.8, 4) is 0 Å². The van der Waals surface area contributed by atoms with Crippen LogP contribution in [0.3, 0.4) is 0 Å². The van der Waals surface area contributed by atoms with Crippen LogP contribution in [0, 0.1) is 6.92 Å². The van der Waals surface area contributed by atoms with Crippen LogP contribution in [0.25, 0.3) is 0 Å². The van der Waals surface area contributed by atoms with Crippen molar-refractivity contribution in [2.24, 2.45) is 0 Å². The molecule has 0 atom stereocenters. The van der Waals surface area contributed by atoms with Gasteiger partial charge in [-0.05, 0) is 13.0 Å². The summed E-state index contributed by atoms with van der Waals surface area (Å²) >= 11 is 0. The van der Waals surface area contributed by atoms with Crippen molar-refractivity contribution in [1.29, 1.82) is 0 Å². The second-order valence-corrected chi connectivity index (χ2v) is 1.14. The van der Waals surface area contributed by atoms with Crippen molar-refractivity contribution in [2.75, 3.05) is 0 Å². The summed E-state index contributed by atoms with van der Waals surface area (Å²) in [4.78, 5) is 0. The molecule has 32 valence electrons. The Bertz CT molecular complexity index is 142. The van der Waals surface area contributed by atoms with Gasteiger partial charge in [-0.3, -0.25) is 5.10 Å². The Morgan fingerprint density at radius 3 is 3.17 bits per heavy atom. The van der Waals surface area contributed by atoms with Gasteiger partial charge >= 0.3 is 0 Å². The van der Waals surface area contributed by atoms with E-state index in [0.717, 1.165) is 5.69 Å². The first-order chi connectivity index (χ1) is 3.30. The number of rotatable bonds is 0. The molecular weight excluding hydrogens is 76.1 g/mol. The number of nitrogens with zero attached hydrogens (tertiary/aromatic N) is 1. The van der Waals surface area contributed by atoms with E-state index in [1.165, 1.54) is 6.20 Å². The van der Waals surface area contributed by atoms with E-state index in [1.807, 2.05) is 6.92 Å². The van der Waals surface area contributed by atoms with E-state index in [9.17, 15) is 0 Å². The predicted octanol–water partition coefficient (Wildman–Crippen LogP) is 0.718. The molecule has 0 radical (unpaired) electrons. The lowest BCUT2D eigenvalue weighted by atomic mass is 10.5. The minimum atomic E-state index is 0.472. The van der Waals surface area contributed by atoms with Gasteiger partial charge in [0.2, 0.25) is 0 Å². The minimum absolute atomic E-state index is 0.472. The van der Waals surface area contributed by atoms with Crippen LogP contribution in [0.5, 0.6) is 0 Å². The lowest BCUT2D eigenvalue weighted by Crippen LogP contribution is -1.65. The fourth-order valence-electron chi connectivity index (χ4n) is 0.290. The summed E-state index contributed by atoms with van der Waals surface area (Å²) in [6.45, 7) is 1.81. The van der Waals surface area contributed by atoms with Gasteiger partial charge in [-0.2, -0.15) is 5.10 Å². The Morgan fingerprint density at radius 2 is 3.00 bits per heavy atom. The zero-order valence-corrected chi connectivity index (χ0v) is 3.52. The first kappa shape index (κ1) is 2.39. The molecule has 0 bridgehead atoms. The molecule has 1 aromatic rings. The molecule has 0 saturated carbocycles. The quantitative estimate of drug-likeness (QED) is 0.492. The summed E-state index contributed by atoms with van der Waals surface area (Å²) in [5, 5.41) is 6.24. The van der Waals surface area contributed by atoms with Crippen LogP contribution in [-0.4, -0.2) is 10.2 Å². The molecule has 0 aliphatic heterocycles. The van der Waals surface area contributed by atoms with Gasteiger partial charge in [0.15, 0.2) is 0 Å². The highest BCUT2D eigenvalue weighted by atomic mass is 15.1. The van der Waals surface area contributed by atoms with Crippen LogP contribution < -0.4 is 0 Å². The van der Waals surface area contributed by atoms with Gasteiger partial charge in [-0.25, -0.2) is 0 Å². The summed E-state index contributed by atoms with van der Waals surface area (Å²) in [7, 11) is 0. The Kier molecular flexibility index (Phi) is 0.449. The second kappa shape index (κ2) is 1.12. The van der Waals surface area contributed by atoms with Crippen LogP contribution >= 0.6 is 0 Å². The molecule has 2 heteroatoms. The molecule has 0 unspecified atom stereocenters. The molecule has 0 saturated heterocycles. The van der Waals surface area contributed by atoms with Crippen molar-refractivity contribution in [2.45, 2.75) is 6.92 Å². The molecular formula is C4H6N2. The molecule has 1 heterocycles. The minimum Gasteiger partial charge on any atom is -0.283 e. The van der Waals surface area contributed by atoms with Crippen molar-refractivity contribution in [3.63, 3.8) is 0 Å². The van der Waals surface area contributed by atoms with Gasteiger partial charge in [0.05, 0.1) is 1.37 Å². The average molecular weight is 83.1 g/mol. The number of aromatic amines is 1. The third-order valence-electron chi connectivity index (χ3n) is 0.578. The number of aromatic nitrogens is 2. The number of hydrogen-bond donors (Lipinski definition) is 1. The van der Waals surface area contributed by atoms with E-state index in [1.54, 1.807) is 0 Å². The topological polar surface area (TPSA) is 28.7 Å². The van der Waals surface area contributed by atoms with Crippen molar-refractivity contribution < 1.29 is 1.37 Å². The van der Waals surface area contributed by atoms with Crippen LogP contribution in [0.2, 0.25) is 0 Å². The highest BCUT2D eigenvalue weighted by Crippen LogP contribution is 1.82. The normalized spacial score (nSPS) is 11.2. The molecule has 0 amide bonds. The van der Waals surface area contributed by atoms with Gasteiger partial charge in [-0.15, -0.1) is 0 Å². The summed E-state index contributed by atoms with van der Waals surface area (Å²) in [5.74, 6) is 0. The first-order valence-electron chi connectivity index (χ1n) is 2.27. The summed E-state index contributed by atoms with van der Waals surface area (Å²) in [6.07, 6.45) is 1.48. The van der Waals surface area contributed by atoms with E-state index in [0.29, 0.717) is 6.04 Å². The highest BCUT2D eigenvalue weighted by Gasteiger charge is 1.73. The van der Waals surface area contributed by atoms with E-state index < -0.39 is 0 Å². The highest BCUT2D eigenvalue weighted by molar-refractivity contribution is 4.91. The lowest BCUT2D eigenvalue weighted by Gasteiger charge is -1.68. The fraction of sp³-hybridized carbons (Fsp3) is 0.250. The summed E-state index contributed by atoms with van der Waals surface area (Å²) in [5.41, 5.74) is 0.819. The van der Waals surface area contributed by atoms with Gasteiger partial charge in [0.1, 0.15) is 0 Å². The van der Waals surface area contributed by atoms with E-state index >= 15 is 0 Å². The third-order valence-corrected chi connectivity index (χ3v) is 0.578. The molecule has 0 spiro atoms. The largest absolute Gasteiger partial charge is 0.283 e. The van der Waals surface area contributed by atoms with Crippen LogP contribution in [0.1, 0.15) is 7.06 Å². The summed E-state index contributed by atoms with van der Waals surface area (Å²) < 4.78 is 7.01. The number of nitrogens with one attached hydrogen (secondary N) is 1. The molecule has 0 aliphatic rings. The van der Waals surface area contributed by atoms with E-state index in [-0.39, 0.29) is 0 Å². The van der Waals surface area contributed by atoms with Crippen LogP contribution in [0.4, 0.5) is 0 Å². The zero-order chi connectivity index (χ0) is 5.28. The van der Waals surface area contributed by atoms with Crippen molar-refractivity contribution in [1.82, 2.24) is 10.2 Å². The van der Waals surface area contributed by atoms with Crippen molar-refractivity contribution in [3.05, 3.63) is 17.9 Å². The molecule has 1 rings (SSSR count).